The average molecular weight is 294 g/mol. The molecular formula is C11H19O7P-2. The molecule has 0 saturated heterocycles. The first-order chi connectivity index (χ1) is 8.78. The number of aliphatic hydroxyl groups excluding tert-OH is 1. The van der Waals surface area contributed by atoms with Crippen LogP contribution in [0.1, 0.15) is 45.4 Å². The lowest BCUT2D eigenvalue weighted by molar-refractivity contribution is -0.342. The van der Waals surface area contributed by atoms with Gasteiger partial charge in [0.25, 0.3) is 0 Å². The molecule has 0 rings (SSSR count). The summed E-state index contributed by atoms with van der Waals surface area (Å²) >= 11 is 0. The van der Waals surface area contributed by atoms with Gasteiger partial charge in [-0.3, -0.25) is 9.59 Å². The van der Waals surface area contributed by atoms with Crippen molar-refractivity contribution in [3.63, 3.8) is 0 Å². The SMILES string of the molecule is CCCCCCCC(=O)C(=O)C(O)COP(=O)([O-])[O-]. The molecule has 0 aliphatic carbocycles. The topological polar surface area (TPSA) is 127 Å². The Balaban J connectivity index is 3.91. The van der Waals surface area contributed by atoms with Gasteiger partial charge >= 0.3 is 0 Å². The smallest absolute Gasteiger partial charge is 0.229 e. The predicted octanol–water partition coefficient (Wildman–Crippen LogP) is -0.309. The molecule has 1 atom stereocenters. The van der Waals surface area contributed by atoms with Crippen LogP contribution in [0, 0.1) is 0 Å². The van der Waals surface area contributed by atoms with Gasteiger partial charge in [-0.1, -0.05) is 32.6 Å². The fourth-order valence-corrected chi connectivity index (χ4v) is 1.76. The van der Waals surface area contributed by atoms with Crippen molar-refractivity contribution in [2.75, 3.05) is 6.61 Å². The first-order valence-electron chi connectivity index (χ1n) is 6.19. The lowest BCUT2D eigenvalue weighted by Gasteiger charge is -2.29. The maximum atomic E-state index is 11.4. The summed E-state index contributed by atoms with van der Waals surface area (Å²) in [4.78, 5) is 42.9. The van der Waals surface area contributed by atoms with Crippen LogP contribution < -0.4 is 9.79 Å². The molecule has 0 heterocycles. The number of carbonyl (C=O) groups is 2. The highest BCUT2D eigenvalue weighted by molar-refractivity contribution is 7.43. The zero-order valence-corrected chi connectivity index (χ0v) is 11.8. The summed E-state index contributed by atoms with van der Waals surface area (Å²) in [6, 6.07) is 0. The van der Waals surface area contributed by atoms with E-state index in [2.05, 4.69) is 11.4 Å². The van der Waals surface area contributed by atoms with Gasteiger partial charge in [0.15, 0.2) is 0 Å². The minimum Gasteiger partial charge on any atom is -0.790 e. The zero-order chi connectivity index (χ0) is 14.9. The molecule has 0 saturated carbocycles. The summed E-state index contributed by atoms with van der Waals surface area (Å²) in [5, 5.41) is 9.20. The Kier molecular flexibility index (Phi) is 9.05. The van der Waals surface area contributed by atoms with Gasteiger partial charge in [-0.2, -0.15) is 0 Å². The van der Waals surface area contributed by atoms with Crippen molar-refractivity contribution in [2.45, 2.75) is 51.6 Å². The van der Waals surface area contributed by atoms with Crippen LogP contribution in [-0.2, 0) is 18.7 Å². The van der Waals surface area contributed by atoms with E-state index in [0.717, 1.165) is 25.7 Å². The van der Waals surface area contributed by atoms with Crippen LogP contribution in [-0.4, -0.2) is 29.4 Å². The van der Waals surface area contributed by atoms with Crippen molar-refractivity contribution in [3.8, 4) is 0 Å². The number of ketones is 2. The fourth-order valence-electron chi connectivity index (χ4n) is 1.44. The predicted molar refractivity (Wildman–Crippen MR) is 63.0 cm³/mol. The number of phosphoric ester groups is 1. The summed E-state index contributed by atoms with van der Waals surface area (Å²) < 4.78 is 13.9. The van der Waals surface area contributed by atoms with Gasteiger partial charge in [-0.25, -0.2) is 0 Å². The number of Topliss-reactive ketones (excluding diaryl/α,β-unsaturated/α-hetero) is 2. The number of hydrogen-bond donors (Lipinski definition) is 1. The van der Waals surface area contributed by atoms with Gasteiger partial charge in [-0.15, -0.1) is 0 Å². The highest BCUT2D eigenvalue weighted by atomic mass is 31.2. The van der Waals surface area contributed by atoms with Crippen LogP contribution >= 0.6 is 7.82 Å². The third-order valence-electron chi connectivity index (χ3n) is 2.48. The lowest BCUT2D eigenvalue weighted by atomic mass is 10.0. The van der Waals surface area contributed by atoms with Crippen LogP contribution in [0.15, 0.2) is 0 Å². The molecule has 0 aromatic carbocycles. The minimum atomic E-state index is -5.25. The maximum Gasteiger partial charge on any atom is 0.229 e. The number of phosphoric acid groups is 1. The first kappa shape index (κ1) is 18.4. The molecule has 112 valence electrons. The normalized spacial score (nSPS) is 13.3. The maximum absolute atomic E-state index is 11.4. The van der Waals surface area contributed by atoms with Crippen LogP contribution in [0.25, 0.3) is 0 Å². The Morgan fingerprint density at radius 2 is 1.79 bits per heavy atom. The number of rotatable bonds is 11. The van der Waals surface area contributed by atoms with Crippen molar-refractivity contribution in [1.29, 1.82) is 0 Å². The van der Waals surface area contributed by atoms with Gasteiger partial charge in [0.05, 0.1) is 14.4 Å². The Morgan fingerprint density at radius 1 is 1.21 bits per heavy atom. The molecule has 7 nitrogen and oxygen atoms in total. The standard InChI is InChI=1S/C11H21O7P/c1-2-3-4-5-6-7-9(12)11(14)10(13)8-18-19(15,16)17/h10,13H,2-8H2,1H3,(H2,15,16,17)/p-2. The molecule has 0 aliphatic rings. The van der Waals surface area contributed by atoms with Crippen LogP contribution in [0.2, 0.25) is 0 Å². The average Bonchev–Trinajstić information content (AvgIpc) is 2.33. The molecule has 0 bridgehead atoms. The summed E-state index contributed by atoms with van der Waals surface area (Å²) in [5.41, 5.74) is 0. The van der Waals surface area contributed by atoms with Gasteiger partial charge in [0, 0.05) is 6.42 Å². The molecule has 0 spiro atoms. The highest BCUT2D eigenvalue weighted by Gasteiger charge is 2.22. The Bertz CT molecular complexity index is 336. The molecule has 0 aliphatic heterocycles. The van der Waals surface area contributed by atoms with E-state index in [1.807, 2.05) is 0 Å². The van der Waals surface area contributed by atoms with E-state index in [0.29, 0.717) is 6.42 Å². The van der Waals surface area contributed by atoms with Crippen molar-refractivity contribution in [1.82, 2.24) is 0 Å². The first-order valence-corrected chi connectivity index (χ1v) is 7.65. The molecule has 0 aromatic heterocycles. The number of carbonyl (C=O) groups excluding carboxylic acids is 2. The third-order valence-corrected chi connectivity index (χ3v) is 2.94. The van der Waals surface area contributed by atoms with Crippen LogP contribution in [0.5, 0.6) is 0 Å². The number of aliphatic hydroxyl groups is 1. The van der Waals surface area contributed by atoms with E-state index < -0.39 is 32.1 Å². The van der Waals surface area contributed by atoms with Crippen LogP contribution in [0.3, 0.4) is 0 Å². The van der Waals surface area contributed by atoms with E-state index in [4.69, 9.17) is 0 Å². The summed E-state index contributed by atoms with van der Waals surface area (Å²) in [7, 11) is -5.25. The number of hydrogen-bond acceptors (Lipinski definition) is 7. The minimum absolute atomic E-state index is 0.00597. The quantitative estimate of drug-likeness (QED) is 0.314. The van der Waals surface area contributed by atoms with Crippen LogP contribution in [0.4, 0.5) is 0 Å². The second kappa shape index (κ2) is 9.34. The lowest BCUT2D eigenvalue weighted by Crippen LogP contribution is -2.33. The second-order valence-corrected chi connectivity index (χ2v) is 5.36. The Hall–Kier alpha value is -0.590. The van der Waals surface area contributed by atoms with E-state index in [-0.39, 0.29) is 6.42 Å². The van der Waals surface area contributed by atoms with Gasteiger partial charge in [-0.05, 0) is 6.42 Å². The molecule has 8 heteroatoms. The molecule has 0 fully saturated rings. The molecule has 1 unspecified atom stereocenters. The molecule has 19 heavy (non-hydrogen) atoms. The van der Waals surface area contributed by atoms with E-state index in [1.165, 1.54) is 0 Å². The van der Waals surface area contributed by atoms with Gasteiger partial charge in [0.1, 0.15) is 6.10 Å². The van der Waals surface area contributed by atoms with Crippen molar-refractivity contribution in [2.24, 2.45) is 0 Å². The highest BCUT2D eigenvalue weighted by Crippen LogP contribution is 2.24. The third kappa shape index (κ3) is 9.92. The molecular weight excluding hydrogens is 275 g/mol. The van der Waals surface area contributed by atoms with E-state index >= 15 is 0 Å². The Labute approximate surface area is 112 Å². The molecule has 0 radical (unpaired) electrons. The van der Waals surface area contributed by atoms with Gasteiger partial charge < -0.3 is 24.0 Å². The fraction of sp³-hybridized carbons (Fsp3) is 0.818. The second-order valence-electron chi connectivity index (χ2n) is 4.21. The van der Waals surface area contributed by atoms with Crippen molar-refractivity contribution >= 4 is 19.4 Å². The largest absolute Gasteiger partial charge is 0.790 e. The zero-order valence-electron chi connectivity index (χ0n) is 10.9. The molecule has 1 N–H and O–H groups in total. The molecule has 0 amide bonds. The molecule has 0 aromatic rings. The van der Waals surface area contributed by atoms with E-state index in [9.17, 15) is 29.0 Å². The summed E-state index contributed by atoms with van der Waals surface area (Å²) in [5.74, 6) is -1.90. The summed E-state index contributed by atoms with van der Waals surface area (Å²) in [6.07, 6.45) is 2.55. The van der Waals surface area contributed by atoms with E-state index in [1.54, 1.807) is 0 Å². The van der Waals surface area contributed by atoms with Crippen molar-refractivity contribution < 1.29 is 33.6 Å². The van der Waals surface area contributed by atoms with Crippen molar-refractivity contribution in [3.05, 3.63) is 0 Å². The number of unbranched alkanes of at least 4 members (excludes halogenated alkanes) is 4. The summed E-state index contributed by atoms with van der Waals surface area (Å²) in [6.45, 7) is 1.04. The monoisotopic (exact) mass is 294 g/mol. The van der Waals surface area contributed by atoms with Gasteiger partial charge in [0.2, 0.25) is 11.6 Å². The Morgan fingerprint density at radius 3 is 2.32 bits per heavy atom.